The van der Waals surface area contributed by atoms with E-state index in [4.69, 9.17) is 4.42 Å². The largest absolute Gasteiger partial charge is 0.468 e. The molecule has 0 aliphatic heterocycles. The van der Waals surface area contributed by atoms with Crippen LogP contribution in [0.1, 0.15) is 37.3 Å². The van der Waals surface area contributed by atoms with Gasteiger partial charge in [-0.1, -0.05) is 6.07 Å². The van der Waals surface area contributed by atoms with E-state index in [-0.39, 0.29) is 12.1 Å². The van der Waals surface area contributed by atoms with Gasteiger partial charge in [0.25, 0.3) is 0 Å². The van der Waals surface area contributed by atoms with E-state index in [1.54, 1.807) is 12.3 Å². The molecule has 0 aliphatic carbocycles. The quantitative estimate of drug-likeness (QED) is 0.889. The van der Waals surface area contributed by atoms with Crippen LogP contribution in [-0.2, 0) is 0 Å². The maximum absolute atomic E-state index is 13.1. The number of hydrogen-bond acceptors (Lipinski definition) is 2. The maximum Gasteiger partial charge on any atom is 0.159 e. The van der Waals surface area contributed by atoms with E-state index >= 15 is 0 Å². The molecule has 0 fully saturated rings. The van der Waals surface area contributed by atoms with Crippen LogP contribution in [-0.4, -0.2) is 0 Å². The van der Waals surface area contributed by atoms with Gasteiger partial charge in [0.15, 0.2) is 11.6 Å². The van der Waals surface area contributed by atoms with Crippen molar-refractivity contribution in [2.45, 2.75) is 25.9 Å². The maximum atomic E-state index is 13.1. The second kappa shape index (κ2) is 5.31. The average molecular weight is 251 g/mol. The summed E-state index contributed by atoms with van der Waals surface area (Å²) in [5.74, 6) is -0.846. The third kappa shape index (κ3) is 2.76. The average Bonchev–Trinajstić information content (AvgIpc) is 2.86. The van der Waals surface area contributed by atoms with Gasteiger partial charge in [-0.3, -0.25) is 0 Å². The van der Waals surface area contributed by atoms with Gasteiger partial charge in [-0.2, -0.15) is 0 Å². The normalized spacial score (nSPS) is 14.4. The molecule has 4 heteroatoms. The molecule has 0 aliphatic rings. The van der Waals surface area contributed by atoms with Gasteiger partial charge in [0, 0.05) is 6.04 Å². The van der Waals surface area contributed by atoms with Crippen molar-refractivity contribution in [2.24, 2.45) is 0 Å². The van der Waals surface area contributed by atoms with Crippen molar-refractivity contribution in [1.29, 1.82) is 0 Å². The first-order valence-electron chi connectivity index (χ1n) is 5.82. The number of nitrogens with one attached hydrogen (secondary N) is 1. The SMILES string of the molecule is CC(NC(C)c1ccco1)c1ccc(F)c(F)c1. The smallest absolute Gasteiger partial charge is 0.159 e. The molecule has 1 N–H and O–H groups in total. The first-order chi connectivity index (χ1) is 8.58. The summed E-state index contributed by atoms with van der Waals surface area (Å²) in [5, 5.41) is 3.26. The Bertz CT molecular complexity index is 511. The fourth-order valence-corrected chi connectivity index (χ4v) is 1.87. The molecule has 96 valence electrons. The lowest BCUT2D eigenvalue weighted by Crippen LogP contribution is -2.22. The van der Waals surface area contributed by atoms with E-state index in [0.29, 0.717) is 5.56 Å². The lowest BCUT2D eigenvalue weighted by Gasteiger charge is -2.19. The zero-order valence-electron chi connectivity index (χ0n) is 10.3. The summed E-state index contributed by atoms with van der Waals surface area (Å²) in [6.07, 6.45) is 1.61. The number of hydrogen-bond donors (Lipinski definition) is 1. The highest BCUT2D eigenvalue weighted by atomic mass is 19.2. The van der Waals surface area contributed by atoms with Gasteiger partial charge >= 0.3 is 0 Å². The van der Waals surface area contributed by atoms with Crippen molar-refractivity contribution in [1.82, 2.24) is 5.32 Å². The number of rotatable bonds is 4. The molecule has 18 heavy (non-hydrogen) atoms. The Balaban J connectivity index is 2.07. The minimum absolute atomic E-state index is 0.00288. The van der Waals surface area contributed by atoms with Gasteiger partial charge in [0.1, 0.15) is 5.76 Å². The van der Waals surface area contributed by atoms with Crippen molar-refractivity contribution in [2.75, 3.05) is 0 Å². The highest BCUT2D eigenvalue weighted by Crippen LogP contribution is 2.21. The van der Waals surface area contributed by atoms with Crippen LogP contribution in [0.2, 0.25) is 0 Å². The van der Waals surface area contributed by atoms with E-state index in [1.165, 1.54) is 6.07 Å². The second-order valence-electron chi connectivity index (χ2n) is 4.30. The predicted molar refractivity (Wildman–Crippen MR) is 65.0 cm³/mol. The van der Waals surface area contributed by atoms with Crippen molar-refractivity contribution in [3.8, 4) is 0 Å². The highest BCUT2D eigenvalue weighted by molar-refractivity contribution is 5.21. The summed E-state index contributed by atoms with van der Waals surface area (Å²) >= 11 is 0. The third-order valence-electron chi connectivity index (χ3n) is 2.91. The molecule has 2 atom stereocenters. The topological polar surface area (TPSA) is 25.2 Å². The molecule has 0 bridgehead atoms. The number of furan rings is 1. The van der Waals surface area contributed by atoms with Crippen LogP contribution < -0.4 is 5.32 Å². The molecule has 2 aromatic rings. The van der Waals surface area contributed by atoms with Crippen LogP contribution >= 0.6 is 0 Å². The molecule has 1 aromatic carbocycles. The Labute approximate surface area is 105 Å². The molecule has 0 saturated carbocycles. The van der Waals surface area contributed by atoms with Crippen LogP contribution in [0.5, 0.6) is 0 Å². The van der Waals surface area contributed by atoms with Crippen LogP contribution in [0.4, 0.5) is 8.78 Å². The summed E-state index contributed by atoms with van der Waals surface area (Å²) in [4.78, 5) is 0. The minimum Gasteiger partial charge on any atom is -0.468 e. The van der Waals surface area contributed by atoms with E-state index in [0.717, 1.165) is 11.8 Å². The van der Waals surface area contributed by atoms with Crippen molar-refractivity contribution < 1.29 is 13.2 Å². The van der Waals surface area contributed by atoms with Gasteiger partial charge in [-0.05, 0) is 43.7 Å². The molecule has 2 nitrogen and oxygen atoms in total. The lowest BCUT2D eigenvalue weighted by atomic mass is 10.1. The molecule has 0 spiro atoms. The second-order valence-corrected chi connectivity index (χ2v) is 4.30. The standard InChI is InChI=1S/C14H15F2NO/c1-9(11-5-6-12(15)13(16)8-11)17-10(2)14-4-3-7-18-14/h3-10,17H,1-2H3. The van der Waals surface area contributed by atoms with Gasteiger partial charge in [0.05, 0.1) is 12.3 Å². The van der Waals surface area contributed by atoms with Crippen molar-refractivity contribution in [3.05, 3.63) is 59.6 Å². The Morgan fingerprint density at radius 2 is 1.83 bits per heavy atom. The minimum atomic E-state index is -0.829. The van der Waals surface area contributed by atoms with E-state index in [9.17, 15) is 8.78 Å². The van der Waals surface area contributed by atoms with Crippen LogP contribution in [0.25, 0.3) is 0 Å². The Morgan fingerprint density at radius 1 is 1.06 bits per heavy atom. The zero-order valence-corrected chi connectivity index (χ0v) is 10.3. The predicted octanol–water partition coefficient (Wildman–Crippen LogP) is 3.97. The fraction of sp³-hybridized carbons (Fsp3) is 0.286. The Kier molecular flexibility index (Phi) is 3.77. The molecule has 2 unspecified atom stereocenters. The summed E-state index contributed by atoms with van der Waals surface area (Å²) < 4.78 is 31.2. The van der Waals surface area contributed by atoms with E-state index in [2.05, 4.69) is 5.32 Å². The molecular weight excluding hydrogens is 236 g/mol. The highest BCUT2D eigenvalue weighted by Gasteiger charge is 2.14. The monoisotopic (exact) mass is 251 g/mol. The van der Waals surface area contributed by atoms with E-state index < -0.39 is 11.6 Å². The first-order valence-corrected chi connectivity index (χ1v) is 5.82. The summed E-state index contributed by atoms with van der Waals surface area (Å²) in [6, 6.07) is 7.52. The van der Waals surface area contributed by atoms with Crippen LogP contribution in [0, 0.1) is 11.6 Å². The molecule has 0 radical (unpaired) electrons. The molecule has 0 amide bonds. The number of halogens is 2. The lowest BCUT2D eigenvalue weighted by molar-refractivity contribution is 0.401. The Hall–Kier alpha value is -1.68. The zero-order chi connectivity index (χ0) is 13.1. The summed E-state index contributed by atoms with van der Waals surface area (Å²) in [7, 11) is 0. The van der Waals surface area contributed by atoms with Crippen LogP contribution in [0.3, 0.4) is 0 Å². The van der Waals surface area contributed by atoms with E-state index in [1.807, 2.05) is 26.0 Å². The molecule has 1 aromatic heterocycles. The molecule has 0 saturated heterocycles. The van der Waals surface area contributed by atoms with Crippen LogP contribution in [0.15, 0.2) is 41.0 Å². The molecule has 2 rings (SSSR count). The van der Waals surface area contributed by atoms with Gasteiger partial charge in [0.2, 0.25) is 0 Å². The van der Waals surface area contributed by atoms with Crippen molar-refractivity contribution in [3.63, 3.8) is 0 Å². The number of benzene rings is 1. The van der Waals surface area contributed by atoms with Gasteiger partial charge in [-0.15, -0.1) is 0 Å². The molecular formula is C14H15F2NO. The summed E-state index contributed by atoms with van der Waals surface area (Å²) in [6.45, 7) is 3.85. The summed E-state index contributed by atoms with van der Waals surface area (Å²) in [5.41, 5.74) is 0.701. The van der Waals surface area contributed by atoms with Gasteiger partial charge < -0.3 is 9.73 Å². The van der Waals surface area contributed by atoms with Gasteiger partial charge in [-0.25, -0.2) is 8.78 Å². The molecule has 1 heterocycles. The first kappa shape index (κ1) is 12.8. The van der Waals surface area contributed by atoms with Crippen molar-refractivity contribution >= 4 is 0 Å². The third-order valence-corrected chi connectivity index (χ3v) is 2.91. The fourth-order valence-electron chi connectivity index (χ4n) is 1.87. The Morgan fingerprint density at radius 3 is 2.44 bits per heavy atom.